The fraction of sp³-hybridized carbons (Fsp3) is 0.174. The predicted molar refractivity (Wildman–Crippen MR) is 116 cm³/mol. The Hall–Kier alpha value is -3.25. The fourth-order valence-electron chi connectivity index (χ4n) is 2.74. The third-order valence-corrected chi connectivity index (χ3v) is 4.54. The Morgan fingerprint density at radius 3 is 2.33 bits per heavy atom. The van der Waals surface area contributed by atoms with Crippen molar-refractivity contribution in [3.8, 4) is 17.2 Å². The molecule has 0 aliphatic rings. The van der Waals surface area contributed by atoms with Gasteiger partial charge in [-0.2, -0.15) is 5.10 Å². The van der Waals surface area contributed by atoms with Gasteiger partial charge >= 0.3 is 0 Å². The summed E-state index contributed by atoms with van der Waals surface area (Å²) in [5.74, 6) is 1.68. The van der Waals surface area contributed by atoms with Gasteiger partial charge in [0, 0.05) is 10.6 Å². The van der Waals surface area contributed by atoms with Gasteiger partial charge in [0.05, 0.1) is 27.0 Å². The Balaban J connectivity index is 1.63. The lowest BCUT2D eigenvalue weighted by molar-refractivity contribution is 0.305. The van der Waals surface area contributed by atoms with Gasteiger partial charge in [0.1, 0.15) is 18.2 Å². The van der Waals surface area contributed by atoms with Gasteiger partial charge in [0.2, 0.25) is 0 Å². The van der Waals surface area contributed by atoms with E-state index in [1.54, 1.807) is 50.8 Å². The van der Waals surface area contributed by atoms with E-state index in [2.05, 4.69) is 10.5 Å². The Morgan fingerprint density at radius 2 is 1.60 bits per heavy atom. The highest BCUT2D eigenvalue weighted by atomic mass is 35.5. The van der Waals surface area contributed by atoms with E-state index in [9.17, 15) is 4.39 Å². The number of ether oxygens (including phenoxy) is 3. The van der Waals surface area contributed by atoms with E-state index in [0.29, 0.717) is 35.4 Å². The molecule has 5 nitrogen and oxygen atoms in total. The number of rotatable bonds is 9. The molecule has 0 radical (unpaired) electrons. The van der Waals surface area contributed by atoms with Gasteiger partial charge in [-0.15, -0.1) is 0 Å². The number of benzene rings is 3. The third kappa shape index (κ3) is 5.87. The maximum Gasteiger partial charge on any atom is 0.161 e. The normalized spacial score (nSPS) is 10.8. The van der Waals surface area contributed by atoms with E-state index in [1.807, 2.05) is 18.2 Å². The summed E-state index contributed by atoms with van der Waals surface area (Å²) in [6, 6.07) is 17.1. The van der Waals surface area contributed by atoms with Crippen molar-refractivity contribution in [2.45, 2.75) is 13.2 Å². The van der Waals surface area contributed by atoms with Gasteiger partial charge in [-0.3, -0.25) is 0 Å². The molecule has 156 valence electrons. The molecule has 0 aliphatic heterocycles. The average molecular weight is 429 g/mol. The van der Waals surface area contributed by atoms with Crippen LogP contribution in [-0.4, -0.2) is 20.4 Å². The zero-order chi connectivity index (χ0) is 21.3. The number of nitrogens with zero attached hydrogens (tertiary/aromatic N) is 1. The smallest absolute Gasteiger partial charge is 0.161 e. The monoisotopic (exact) mass is 428 g/mol. The number of hydrogen-bond acceptors (Lipinski definition) is 5. The molecule has 0 aromatic heterocycles. The number of methoxy groups -OCH3 is 2. The number of hydrogen-bond donors (Lipinski definition) is 1. The highest BCUT2D eigenvalue weighted by Crippen LogP contribution is 2.27. The molecule has 0 saturated carbocycles. The van der Waals surface area contributed by atoms with Gasteiger partial charge in [-0.25, -0.2) is 4.39 Å². The molecule has 0 saturated heterocycles. The van der Waals surface area contributed by atoms with Crippen LogP contribution in [0.5, 0.6) is 17.2 Å². The topological polar surface area (TPSA) is 52.1 Å². The van der Waals surface area contributed by atoms with E-state index in [4.69, 9.17) is 25.8 Å². The molecule has 0 bridgehead atoms. The highest BCUT2D eigenvalue weighted by Gasteiger charge is 2.06. The summed E-state index contributed by atoms with van der Waals surface area (Å²) >= 11 is 6.12. The van der Waals surface area contributed by atoms with E-state index in [-0.39, 0.29) is 5.82 Å². The van der Waals surface area contributed by atoms with Crippen molar-refractivity contribution >= 4 is 17.8 Å². The van der Waals surface area contributed by atoms with E-state index in [1.165, 1.54) is 12.1 Å². The molecule has 3 aromatic rings. The lowest BCUT2D eigenvalue weighted by Crippen LogP contribution is -2.06. The van der Waals surface area contributed by atoms with Crippen molar-refractivity contribution in [1.29, 1.82) is 0 Å². The summed E-state index contributed by atoms with van der Waals surface area (Å²) in [7, 11) is 3.20. The molecule has 3 rings (SSSR count). The second kappa shape index (κ2) is 10.5. The largest absolute Gasteiger partial charge is 0.493 e. The minimum Gasteiger partial charge on any atom is -0.493 e. The first-order chi connectivity index (χ1) is 14.6. The summed E-state index contributed by atoms with van der Waals surface area (Å²) < 4.78 is 29.4. The maximum atomic E-state index is 13.0. The number of hydrazone groups is 1. The minimum absolute atomic E-state index is 0.279. The minimum atomic E-state index is -0.279. The molecule has 0 spiro atoms. The van der Waals surface area contributed by atoms with Crippen molar-refractivity contribution < 1.29 is 18.6 Å². The standard InChI is InChI=1S/C23H22ClFN2O3/c1-28-22-9-5-17(11-23(22)29-2)13-26-27-14-18-12-19(24)6-10-21(18)30-15-16-3-7-20(25)8-4-16/h3-12,14,26H,13,15H2,1-2H3/b27-14+. The molecule has 0 fully saturated rings. The zero-order valence-corrected chi connectivity index (χ0v) is 17.4. The van der Waals surface area contributed by atoms with Gasteiger partial charge in [-0.1, -0.05) is 29.8 Å². The Labute approximate surface area is 180 Å². The molecule has 0 unspecified atom stereocenters. The van der Waals surface area contributed by atoms with Gasteiger partial charge in [-0.05, 0) is 53.6 Å². The van der Waals surface area contributed by atoms with Crippen LogP contribution < -0.4 is 19.6 Å². The molecule has 1 N–H and O–H groups in total. The molecule has 0 amide bonds. The SMILES string of the molecule is COc1ccc(CN/N=C/c2cc(Cl)ccc2OCc2ccc(F)cc2)cc1OC. The van der Waals surface area contributed by atoms with Crippen molar-refractivity contribution in [3.63, 3.8) is 0 Å². The average Bonchev–Trinajstić information content (AvgIpc) is 2.77. The first-order valence-electron chi connectivity index (χ1n) is 9.22. The van der Waals surface area contributed by atoms with E-state index >= 15 is 0 Å². The van der Waals surface area contributed by atoms with Gasteiger partial charge in [0.15, 0.2) is 11.5 Å². The summed E-state index contributed by atoms with van der Waals surface area (Å²) in [5, 5.41) is 4.84. The van der Waals surface area contributed by atoms with Crippen LogP contribution >= 0.6 is 11.6 Å². The second-order valence-corrected chi connectivity index (χ2v) is 6.82. The van der Waals surface area contributed by atoms with Crippen LogP contribution in [0.1, 0.15) is 16.7 Å². The maximum absolute atomic E-state index is 13.0. The Bertz CT molecular complexity index is 1010. The van der Waals surface area contributed by atoms with Crippen LogP contribution in [0.15, 0.2) is 65.8 Å². The first kappa shape index (κ1) is 21.5. The third-order valence-electron chi connectivity index (χ3n) is 4.31. The van der Waals surface area contributed by atoms with Gasteiger partial charge < -0.3 is 19.6 Å². The fourth-order valence-corrected chi connectivity index (χ4v) is 2.92. The molecule has 0 atom stereocenters. The highest BCUT2D eigenvalue weighted by molar-refractivity contribution is 6.30. The van der Waals surface area contributed by atoms with E-state index < -0.39 is 0 Å². The molecular formula is C23H22ClFN2O3. The van der Waals surface area contributed by atoms with E-state index in [0.717, 1.165) is 16.7 Å². The molecule has 0 heterocycles. The quantitative estimate of drug-likeness (QED) is 0.376. The summed E-state index contributed by atoms with van der Waals surface area (Å²) in [6.07, 6.45) is 1.65. The molecule has 3 aromatic carbocycles. The molecule has 30 heavy (non-hydrogen) atoms. The summed E-state index contributed by atoms with van der Waals surface area (Å²) in [5.41, 5.74) is 5.58. The van der Waals surface area contributed by atoms with Crippen LogP contribution in [-0.2, 0) is 13.2 Å². The lowest BCUT2D eigenvalue weighted by Gasteiger charge is -2.10. The Kier molecular flexibility index (Phi) is 7.51. The Morgan fingerprint density at radius 1 is 0.900 bits per heavy atom. The molecule has 0 aliphatic carbocycles. The van der Waals surface area contributed by atoms with Crippen LogP contribution in [0.3, 0.4) is 0 Å². The van der Waals surface area contributed by atoms with Gasteiger partial charge in [0.25, 0.3) is 0 Å². The van der Waals surface area contributed by atoms with Crippen LogP contribution in [0.2, 0.25) is 5.02 Å². The molecular weight excluding hydrogens is 407 g/mol. The summed E-state index contributed by atoms with van der Waals surface area (Å²) in [4.78, 5) is 0. The zero-order valence-electron chi connectivity index (χ0n) is 16.7. The second-order valence-electron chi connectivity index (χ2n) is 6.38. The number of halogens is 2. The van der Waals surface area contributed by atoms with Crippen LogP contribution in [0.25, 0.3) is 0 Å². The van der Waals surface area contributed by atoms with Crippen molar-refractivity contribution in [2.24, 2.45) is 5.10 Å². The first-order valence-corrected chi connectivity index (χ1v) is 9.60. The predicted octanol–water partition coefficient (Wildman–Crippen LogP) is 5.20. The van der Waals surface area contributed by atoms with Crippen LogP contribution in [0.4, 0.5) is 4.39 Å². The van der Waals surface area contributed by atoms with Crippen LogP contribution in [0, 0.1) is 5.82 Å². The lowest BCUT2D eigenvalue weighted by atomic mass is 10.2. The molecule has 7 heteroatoms. The number of nitrogens with one attached hydrogen (secondary N) is 1. The van der Waals surface area contributed by atoms with Crippen molar-refractivity contribution in [2.75, 3.05) is 14.2 Å². The summed E-state index contributed by atoms with van der Waals surface area (Å²) in [6.45, 7) is 0.811. The van der Waals surface area contributed by atoms with Crippen molar-refractivity contribution in [1.82, 2.24) is 5.43 Å². The van der Waals surface area contributed by atoms with Crippen molar-refractivity contribution in [3.05, 3.63) is 88.2 Å².